The van der Waals surface area contributed by atoms with Gasteiger partial charge in [-0.15, -0.1) is 0 Å². The molecule has 0 N–H and O–H groups in total. The number of rotatable bonds is 15. The van der Waals surface area contributed by atoms with Crippen molar-refractivity contribution in [3.05, 3.63) is 0 Å². The zero-order valence-electron chi connectivity index (χ0n) is 17.0. The normalized spacial score (nSPS) is 12.6. The number of hydrogen-bond donors (Lipinski definition) is 0. The van der Waals surface area contributed by atoms with Crippen LogP contribution in [-0.4, -0.2) is 79.5 Å². The Morgan fingerprint density at radius 3 is 1.16 bits per heavy atom. The minimum atomic E-state index is -3.71. The minimum absolute atomic E-state index is 0. The van der Waals surface area contributed by atoms with Crippen molar-refractivity contribution in [1.82, 2.24) is 4.90 Å². The molecule has 0 spiro atoms. The van der Waals surface area contributed by atoms with Gasteiger partial charge in [0, 0.05) is 29.6 Å². The van der Waals surface area contributed by atoms with Crippen molar-refractivity contribution in [2.75, 3.05) is 39.5 Å². The molecule has 0 aliphatic rings. The van der Waals surface area contributed by atoms with Crippen molar-refractivity contribution in [2.45, 2.75) is 59.9 Å². The largest absolute Gasteiger partial charge is 0.360 e. The van der Waals surface area contributed by atoms with Crippen molar-refractivity contribution < 1.29 is 27.2 Å². The van der Waals surface area contributed by atoms with Crippen LogP contribution in [0.4, 0.5) is 0 Å². The molecule has 0 aromatic rings. The van der Waals surface area contributed by atoms with E-state index >= 15 is 0 Å². The molecule has 0 aliphatic heterocycles. The standard InChI is InChI=1S/C15H35NO6P2.Na/c1-7-13-16(14-8-2)15(23(17,19-9-3)20-10-4)24(18,21-11-5)22-12-6;/h15H,7-14H2,1-6H3;. The van der Waals surface area contributed by atoms with E-state index in [0.29, 0.717) is 13.1 Å². The fourth-order valence-corrected chi connectivity index (χ4v) is 8.12. The summed E-state index contributed by atoms with van der Waals surface area (Å²) in [5, 5.41) is 0. The molecule has 0 heterocycles. The van der Waals surface area contributed by atoms with Gasteiger partial charge >= 0.3 is 15.2 Å². The van der Waals surface area contributed by atoms with Gasteiger partial charge in [-0.25, -0.2) is 0 Å². The third kappa shape index (κ3) is 8.87. The van der Waals surface area contributed by atoms with Gasteiger partial charge in [0.25, 0.3) is 0 Å². The third-order valence-electron chi connectivity index (χ3n) is 3.15. The van der Waals surface area contributed by atoms with E-state index in [1.807, 2.05) is 18.7 Å². The Hall–Kier alpha value is 1.26. The molecule has 0 aromatic heterocycles. The van der Waals surface area contributed by atoms with E-state index < -0.39 is 20.7 Å². The molecule has 0 fully saturated rings. The monoisotopic (exact) mass is 410 g/mol. The summed E-state index contributed by atoms with van der Waals surface area (Å²) in [6.45, 7) is 12.9. The molecule has 7 nitrogen and oxygen atoms in total. The Bertz CT molecular complexity index is 371. The van der Waals surface area contributed by atoms with Crippen molar-refractivity contribution in [3.63, 3.8) is 0 Å². The molecule has 0 saturated heterocycles. The summed E-state index contributed by atoms with van der Waals surface area (Å²) >= 11 is 0. The molecule has 0 atom stereocenters. The maximum atomic E-state index is 13.5. The van der Waals surface area contributed by atoms with Gasteiger partial charge in [-0.05, 0) is 53.6 Å². The van der Waals surface area contributed by atoms with Crippen LogP contribution in [0.1, 0.15) is 54.4 Å². The number of nitrogens with zero attached hydrogens (tertiary/aromatic N) is 1. The Balaban J connectivity index is 0. The Morgan fingerprint density at radius 1 is 0.680 bits per heavy atom. The molecule has 25 heavy (non-hydrogen) atoms. The molecule has 0 rings (SSSR count). The van der Waals surface area contributed by atoms with Crippen molar-refractivity contribution in [2.24, 2.45) is 0 Å². The van der Waals surface area contributed by atoms with Crippen LogP contribution >= 0.6 is 15.2 Å². The first-order chi connectivity index (χ1) is 11.4. The molecule has 1 radical (unpaired) electrons. The van der Waals surface area contributed by atoms with E-state index in [0.717, 1.165) is 12.8 Å². The fraction of sp³-hybridized carbons (Fsp3) is 1.00. The van der Waals surface area contributed by atoms with Crippen molar-refractivity contribution in [3.8, 4) is 0 Å². The average molecular weight is 410 g/mol. The van der Waals surface area contributed by atoms with Crippen molar-refractivity contribution >= 4 is 44.7 Å². The molecule has 10 heteroatoms. The zero-order chi connectivity index (χ0) is 18.6. The first-order valence-electron chi connectivity index (χ1n) is 8.90. The van der Waals surface area contributed by atoms with Crippen LogP contribution in [0.2, 0.25) is 0 Å². The van der Waals surface area contributed by atoms with Gasteiger partial charge < -0.3 is 18.1 Å². The SMILES string of the molecule is CCCN(CCC)C(P(=O)(OCC)OCC)P(=O)(OCC)OCC.[Na]. The second-order valence-electron chi connectivity index (χ2n) is 5.13. The predicted molar refractivity (Wildman–Crippen MR) is 103 cm³/mol. The van der Waals surface area contributed by atoms with Crippen LogP contribution in [0.3, 0.4) is 0 Å². The topological polar surface area (TPSA) is 74.3 Å². The summed E-state index contributed by atoms with van der Waals surface area (Å²) in [5.74, 6) is 0. The summed E-state index contributed by atoms with van der Waals surface area (Å²) in [7, 11) is -7.43. The summed E-state index contributed by atoms with van der Waals surface area (Å²) in [5.41, 5.74) is -1.05. The number of hydrogen-bond acceptors (Lipinski definition) is 7. The fourth-order valence-electron chi connectivity index (χ4n) is 2.55. The third-order valence-corrected chi connectivity index (χ3v) is 9.10. The van der Waals surface area contributed by atoms with E-state index in [4.69, 9.17) is 18.1 Å². The maximum Gasteiger partial charge on any atom is 0.360 e. The molecule has 0 aromatic carbocycles. The Kier molecular flexibility index (Phi) is 17.3. The van der Waals surface area contributed by atoms with Crippen LogP contribution in [0.15, 0.2) is 0 Å². The smallest absolute Gasteiger partial charge is 0.307 e. The van der Waals surface area contributed by atoms with Gasteiger partial charge in [0.1, 0.15) is 0 Å². The van der Waals surface area contributed by atoms with Gasteiger partial charge in [-0.1, -0.05) is 13.8 Å². The summed E-state index contributed by atoms with van der Waals surface area (Å²) < 4.78 is 49.0. The minimum Gasteiger partial charge on any atom is -0.307 e. The first-order valence-corrected chi connectivity index (χ1v) is 12.1. The van der Waals surface area contributed by atoms with Gasteiger partial charge in [-0.2, -0.15) is 0 Å². The van der Waals surface area contributed by atoms with Gasteiger partial charge in [0.15, 0.2) is 0 Å². The summed E-state index contributed by atoms with van der Waals surface area (Å²) in [6, 6.07) is 0. The van der Waals surface area contributed by atoms with E-state index in [1.54, 1.807) is 27.7 Å². The van der Waals surface area contributed by atoms with E-state index in [-0.39, 0.29) is 56.0 Å². The first kappa shape index (κ1) is 28.5. The summed E-state index contributed by atoms with van der Waals surface area (Å²) in [4.78, 5) is 1.87. The maximum absolute atomic E-state index is 13.5. The van der Waals surface area contributed by atoms with Crippen LogP contribution in [0, 0.1) is 0 Å². The van der Waals surface area contributed by atoms with Crippen LogP contribution in [0.25, 0.3) is 0 Å². The molecule has 147 valence electrons. The predicted octanol–water partition coefficient (Wildman–Crippen LogP) is 4.54. The molecule has 0 amide bonds. The molecular weight excluding hydrogens is 375 g/mol. The van der Waals surface area contributed by atoms with E-state index in [2.05, 4.69) is 0 Å². The molecule has 0 saturated carbocycles. The van der Waals surface area contributed by atoms with Crippen LogP contribution < -0.4 is 0 Å². The average Bonchev–Trinajstić information content (AvgIpc) is 2.48. The van der Waals surface area contributed by atoms with Crippen LogP contribution in [-0.2, 0) is 27.2 Å². The van der Waals surface area contributed by atoms with Crippen molar-refractivity contribution in [1.29, 1.82) is 0 Å². The Morgan fingerprint density at radius 2 is 0.960 bits per heavy atom. The molecule has 0 aliphatic carbocycles. The van der Waals surface area contributed by atoms with E-state index in [9.17, 15) is 9.13 Å². The summed E-state index contributed by atoms with van der Waals surface area (Å²) in [6.07, 6.45) is 1.62. The quantitative estimate of drug-likeness (QED) is 0.290. The molecule has 0 unspecified atom stereocenters. The van der Waals surface area contributed by atoms with E-state index in [1.165, 1.54) is 0 Å². The second kappa shape index (κ2) is 15.2. The molecule has 0 bridgehead atoms. The van der Waals surface area contributed by atoms with Crippen LogP contribution in [0.5, 0.6) is 0 Å². The van der Waals surface area contributed by atoms with Gasteiger partial charge in [-0.3, -0.25) is 14.0 Å². The van der Waals surface area contributed by atoms with Gasteiger partial charge in [0.05, 0.1) is 26.4 Å². The molecular formula is C15H35NNaO6P2. The zero-order valence-corrected chi connectivity index (χ0v) is 20.8. The van der Waals surface area contributed by atoms with Gasteiger partial charge in [0.2, 0.25) is 5.52 Å². The Labute approximate surface area is 175 Å². The second-order valence-corrected chi connectivity index (χ2v) is 9.71.